The van der Waals surface area contributed by atoms with Gasteiger partial charge in [0.2, 0.25) is 0 Å². The minimum Gasteiger partial charge on any atom is -0.491 e. The first-order valence-electron chi connectivity index (χ1n) is 10.5. The molecule has 0 saturated heterocycles. The van der Waals surface area contributed by atoms with Crippen molar-refractivity contribution in [2.24, 2.45) is 0 Å². The fourth-order valence-electron chi connectivity index (χ4n) is 4.23. The summed E-state index contributed by atoms with van der Waals surface area (Å²) >= 11 is 1.77. The van der Waals surface area contributed by atoms with Gasteiger partial charge in [-0.05, 0) is 53.1 Å². The lowest BCUT2D eigenvalue weighted by atomic mass is 10.0. The lowest BCUT2D eigenvalue weighted by Gasteiger charge is -2.18. The Morgan fingerprint density at radius 2 is 1.80 bits per heavy atom. The Morgan fingerprint density at radius 3 is 2.70 bits per heavy atom. The molecular weight excluding hydrogens is 390 g/mol. The van der Waals surface area contributed by atoms with E-state index in [4.69, 9.17) is 4.74 Å². The molecule has 0 fully saturated rings. The Balaban J connectivity index is 1.15. The maximum absolute atomic E-state index is 10.4. The van der Waals surface area contributed by atoms with Gasteiger partial charge in [-0.15, -0.1) is 11.3 Å². The number of aliphatic hydroxyl groups is 1. The summed E-state index contributed by atoms with van der Waals surface area (Å²) in [6, 6.07) is 25.5. The van der Waals surface area contributed by atoms with Crippen LogP contribution in [0.2, 0.25) is 0 Å². The van der Waals surface area contributed by atoms with Crippen molar-refractivity contribution in [1.29, 1.82) is 0 Å². The molecule has 0 saturated carbocycles. The largest absolute Gasteiger partial charge is 0.491 e. The molecule has 5 rings (SSSR count). The van der Waals surface area contributed by atoms with Crippen LogP contribution in [0.5, 0.6) is 5.75 Å². The minimum atomic E-state index is -0.543. The number of ether oxygens (including phenoxy) is 1. The highest BCUT2D eigenvalue weighted by atomic mass is 32.1. The predicted octanol–water partition coefficient (Wildman–Crippen LogP) is 5.59. The normalized spacial score (nSPS) is 16.5. The van der Waals surface area contributed by atoms with E-state index in [1.807, 2.05) is 12.1 Å². The van der Waals surface area contributed by atoms with Crippen LogP contribution in [0.1, 0.15) is 23.6 Å². The summed E-state index contributed by atoms with van der Waals surface area (Å²) in [7, 11) is 0. The van der Waals surface area contributed by atoms with Crippen molar-refractivity contribution < 1.29 is 9.84 Å². The van der Waals surface area contributed by atoms with Gasteiger partial charge >= 0.3 is 0 Å². The monoisotopic (exact) mass is 415 g/mol. The first-order valence-corrected chi connectivity index (χ1v) is 11.3. The van der Waals surface area contributed by atoms with Gasteiger partial charge in [0.1, 0.15) is 18.5 Å². The Bertz CT molecular complexity index is 1140. The molecule has 4 aromatic rings. The fraction of sp³-hybridized carbons (Fsp3) is 0.231. The highest BCUT2D eigenvalue weighted by Gasteiger charge is 2.22. The number of thiophene rings is 1. The van der Waals surface area contributed by atoms with Crippen LogP contribution in [0.25, 0.3) is 21.2 Å². The van der Waals surface area contributed by atoms with E-state index in [1.165, 1.54) is 32.3 Å². The molecule has 1 aliphatic carbocycles. The molecule has 0 spiro atoms. The number of aliphatic hydroxyl groups excluding tert-OH is 1. The van der Waals surface area contributed by atoms with Gasteiger partial charge in [-0.25, -0.2) is 0 Å². The third-order valence-electron chi connectivity index (χ3n) is 5.82. The van der Waals surface area contributed by atoms with Gasteiger partial charge in [0.15, 0.2) is 0 Å². The zero-order valence-corrected chi connectivity index (χ0v) is 17.6. The maximum Gasteiger partial charge on any atom is 0.119 e. The van der Waals surface area contributed by atoms with E-state index < -0.39 is 6.10 Å². The molecule has 0 amide bonds. The van der Waals surface area contributed by atoms with Gasteiger partial charge in [0.25, 0.3) is 0 Å². The minimum absolute atomic E-state index is 0.280. The lowest BCUT2D eigenvalue weighted by Crippen LogP contribution is -2.33. The molecule has 0 aliphatic heterocycles. The van der Waals surface area contributed by atoms with Crippen molar-refractivity contribution in [2.75, 3.05) is 13.2 Å². The van der Waals surface area contributed by atoms with E-state index in [-0.39, 0.29) is 6.61 Å². The van der Waals surface area contributed by atoms with Crippen LogP contribution in [0.3, 0.4) is 0 Å². The average molecular weight is 416 g/mol. The van der Waals surface area contributed by atoms with Gasteiger partial charge < -0.3 is 15.2 Å². The number of hydrogen-bond donors (Lipinski definition) is 2. The van der Waals surface area contributed by atoms with Crippen LogP contribution in [-0.4, -0.2) is 24.4 Å². The van der Waals surface area contributed by atoms with Crippen LogP contribution in [-0.2, 0) is 6.42 Å². The Morgan fingerprint density at radius 1 is 1.00 bits per heavy atom. The molecule has 3 aromatic carbocycles. The van der Waals surface area contributed by atoms with Crippen molar-refractivity contribution >= 4 is 21.4 Å². The fourth-order valence-corrected chi connectivity index (χ4v) is 5.20. The van der Waals surface area contributed by atoms with Crippen LogP contribution in [0.4, 0.5) is 0 Å². The predicted molar refractivity (Wildman–Crippen MR) is 124 cm³/mol. The van der Waals surface area contributed by atoms with E-state index in [9.17, 15) is 5.11 Å². The summed E-state index contributed by atoms with van der Waals surface area (Å²) in [4.78, 5) is 0. The number of hydrogen-bond acceptors (Lipinski definition) is 4. The van der Waals surface area contributed by atoms with Crippen LogP contribution in [0.15, 0.2) is 78.2 Å². The van der Waals surface area contributed by atoms with Gasteiger partial charge in [-0.1, -0.05) is 54.6 Å². The molecule has 2 atom stereocenters. The van der Waals surface area contributed by atoms with Gasteiger partial charge in [0.05, 0.1) is 0 Å². The molecule has 2 N–H and O–H groups in total. The van der Waals surface area contributed by atoms with E-state index in [0.717, 1.165) is 18.6 Å². The first-order chi connectivity index (χ1) is 14.8. The second kappa shape index (κ2) is 8.60. The molecule has 2 unspecified atom stereocenters. The van der Waals surface area contributed by atoms with Crippen molar-refractivity contribution in [1.82, 2.24) is 5.32 Å². The van der Waals surface area contributed by atoms with Gasteiger partial charge in [-0.3, -0.25) is 0 Å². The Labute approximate surface area is 181 Å². The third kappa shape index (κ3) is 3.99. The summed E-state index contributed by atoms with van der Waals surface area (Å²) in [6.45, 7) is 0.806. The van der Waals surface area contributed by atoms with Crippen molar-refractivity contribution in [3.63, 3.8) is 0 Å². The Hall–Kier alpha value is -2.66. The smallest absolute Gasteiger partial charge is 0.119 e. The van der Waals surface area contributed by atoms with E-state index in [0.29, 0.717) is 12.6 Å². The highest BCUT2D eigenvalue weighted by Crippen LogP contribution is 2.34. The standard InChI is InChI=1S/C26H25NO2S/c28-20(15-27-25-14-11-18-5-1-2-6-22(18)25)16-29-21-12-9-19(10-13-21)24-17-30-26-8-4-3-7-23(24)26/h1-10,12-13,17,20,25,27-28H,11,14-16H2. The molecule has 3 nitrogen and oxygen atoms in total. The van der Waals surface area contributed by atoms with E-state index >= 15 is 0 Å². The number of benzene rings is 3. The Kier molecular flexibility index (Phi) is 5.54. The SMILES string of the molecule is OC(CNC1CCc2ccccc21)COc1ccc(-c2csc3ccccc23)cc1. The quantitative estimate of drug-likeness (QED) is 0.414. The average Bonchev–Trinajstić information content (AvgIpc) is 3.41. The summed E-state index contributed by atoms with van der Waals surface area (Å²) in [5.74, 6) is 0.781. The third-order valence-corrected chi connectivity index (χ3v) is 6.78. The summed E-state index contributed by atoms with van der Waals surface area (Å²) in [5.41, 5.74) is 5.21. The molecule has 30 heavy (non-hydrogen) atoms. The molecule has 1 heterocycles. The second-order valence-corrected chi connectivity index (χ2v) is 8.74. The maximum atomic E-state index is 10.4. The molecular formula is C26H25NO2S. The summed E-state index contributed by atoms with van der Waals surface area (Å²) in [5, 5.41) is 17.3. The molecule has 4 heteroatoms. The van der Waals surface area contributed by atoms with Crippen molar-refractivity contribution in [3.8, 4) is 16.9 Å². The molecule has 0 bridgehead atoms. The first kappa shape index (κ1) is 19.3. The van der Waals surface area contributed by atoms with Crippen molar-refractivity contribution in [3.05, 3.63) is 89.3 Å². The number of fused-ring (bicyclic) bond motifs is 2. The number of aryl methyl sites for hydroxylation is 1. The molecule has 0 radical (unpaired) electrons. The lowest BCUT2D eigenvalue weighted by molar-refractivity contribution is 0.103. The summed E-state index contributed by atoms with van der Waals surface area (Å²) < 4.78 is 7.12. The topological polar surface area (TPSA) is 41.5 Å². The van der Waals surface area contributed by atoms with Gasteiger partial charge in [-0.2, -0.15) is 0 Å². The second-order valence-electron chi connectivity index (χ2n) is 7.83. The highest BCUT2D eigenvalue weighted by molar-refractivity contribution is 7.17. The molecule has 152 valence electrons. The van der Waals surface area contributed by atoms with Crippen LogP contribution < -0.4 is 10.1 Å². The zero-order valence-electron chi connectivity index (χ0n) is 16.8. The van der Waals surface area contributed by atoms with Gasteiger partial charge in [0, 0.05) is 28.2 Å². The molecule has 1 aromatic heterocycles. The van der Waals surface area contributed by atoms with E-state index in [1.54, 1.807) is 11.3 Å². The zero-order chi connectivity index (χ0) is 20.3. The summed E-state index contributed by atoms with van der Waals surface area (Å²) in [6.07, 6.45) is 1.65. The van der Waals surface area contributed by atoms with Crippen LogP contribution >= 0.6 is 11.3 Å². The number of nitrogens with one attached hydrogen (secondary N) is 1. The van der Waals surface area contributed by atoms with Crippen LogP contribution in [0, 0.1) is 0 Å². The van der Waals surface area contributed by atoms with Crippen molar-refractivity contribution in [2.45, 2.75) is 25.0 Å². The number of rotatable bonds is 7. The molecule has 1 aliphatic rings. The van der Waals surface area contributed by atoms with E-state index in [2.05, 4.69) is 71.4 Å².